The molecule has 0 aliphatic rings. The molecule has 3 nitrogen and oxygen atoms in total. The molecule has 0 bridgehead atoms. The molecular formula is C11H6Cl3NO2. The molecule has 0 radical (unpaired) electrons. The number of rotatable bonds is 1. The van der Waals surface area contributed by atoms with Crippen LogP contribution in [0.2, 0.25) is 15.2 Å². The zero-order valence-electron chi connectivity index (χ0n) is 8.63. The van der Waals surface area contributed by atoms with E-state index in [1.807, 2.05) is 0 Å². The summed E-state index contributed by atoms with van der Waals surface area (Å²) in [6.45, 7) is 0. The van der Waals surface area contributed by atoms with Crippen molar-refractivity contribution in [3.63, 3.8) is 0 Å². The second-order valence-electron chi connectivity index (χ2n) is 3.25. The third-order valence-electron chi connectivity index (χ3n) is 2.25. The highest BCUT2D eigenvalue weighted by atomic mass is 35.5. The molecule has 1 heterocycles. The fourth-order valence-electron chi connectivity index (χ4n) is 1.43. The molecule has 2 aromatic rings. The van der Waals surface area contributed by atoms with Gasteiger partial charge in [-0.05, 0) is 18.2 Å². The molecule has 6 heteroatoms. The van der Waals surface area contributed by atoms with E-state index in [-0.39, 0.29) is 10.8 Å². The molecule has 0 amide bonds. The van der Waals surface area contributed by atoms with Crippen molar-refractivity contribution < 1.29 is 9.53 Å². The molecule has 2 rings (SSSR count). The maximum atomic E-state index is 11.4. The number of nitrogens with zero attached hydrogens (tertiary/aromatic N) is 1. The summed E-state index contributed by atoms with van der Waals surface area (Å²) in [5.74, 6) is -0.579. The number of fused-ring (bicyclic) bond motifs is 1. The van der Waals surface area contributed by atoms with Crippen molar-refractivity contribution in [2.75, 3.05) is 7.11 Å². The summed E-state index contributed by atoms with van der Waals surface area (Å²) in [4.78, 5) is 15.3. The second kappa shape index (κ2) is 4.69. The molecule has 88 valence electrons. The molecule has 0 unspecified atom stereocenters. The van der Waals surface area contributed by atoms with E-state index in [9.17, 15) is 4.79 Å². The number of carbonyl (C=O) groups excluding carboxylic acids is 1. The average Bonchev–Trinajstić information content (AvgIpc) is 2.33. The number of halogens is 3. The van der Waals surface area contributed by atoms with Gasteiger partial charge < -0.3 is 4.74 Å². The minimum atomic E-state index is -0.579. The number of pyridine rings is 1. The standard InChI is InChI=1S/C11H6Cl3NO2/c1-17-11(16)8-4-6-5(10(14)15-8)2-3-7(12)9(6)13/h2-4H,1H3. The normalized spacial score (nSPS) is 10.6. The van der Waals surface area contributed by atoms with Crippen molar-refractivity contribution in [3.8, 4) is 0 Å². The van der Waals surface area contributed by atoms with Crippen LogP contribution in [0.5, 0.6) is 0 Å². The molecule has 1 aromatic heterocycles. The molecule has 0 atom stereocenters. The van der Waals surface area contributed by atoms with Gasteiger partial charge in [-0.3, -0.25) is 0 Å². The topological polar surface area (TPSA) is 39.2 Å². The first-order valence-corrected chi connectivity index (χ1v) is 5.70. The monoisotopic (exact) mass is 289 g/mol. The van der Waals surface area contributed by atoms with Crippen LogP contribution in [0.3, 0.4) is 0 Å². The number of methoxy groups -OCH3 is 1. The Balaban J connectivity index is 2.79. The van der Waals surface area contributed by atoms with E-state index in [0.717, 1.165) is 0 Å². The molecule has 0 fully saturated rings. The maximum absolute atomic E-state index is 11.4. The molecule has 1 aromatic carbocycles. The molecule has 17 heavy (non-hydrogen) atoms. The van der Waals surface area contributed by atoms with Gasteiger partial charge in [-0.15, -0.1) is 0 Å². The summed E-state index contributed by atoms with van der Waals surface area (Å²) in [5, 5.41) is 2.10. The van der Waals surface area contributed by atoms with Crippen LogP contribution in [-0.2, 0) is 4.74 Å². The molecule has 0 N–H and O–H groups in total. The van der Waals surface area contributed by atoms with Crippen LogP contribution in [0.15, 0.2) is 18.2 Å². The minimum Gasteiger partial charge on any atom is -0.464 e. The number of esters is 1. The van der Waals surface area contributed by atoms with Gasteiger partial charge in [0.05, 0.1) is 17.2 Å². The van der Waals surface area contributed by atoms with E-state index in [1.165, 1.54) is 13.2 Å². The Bertz CT molecular complexity index is 613. The average molecular weight is 291 g/mol. The van der Waals surface area contributed by atoms with Gasteiger partial charge in [0, 0.05) is 10.8 Å². The first kappa shape index (κ1) is 12.4. The molecule has 0 saturated heterocycles. The van der Waals surface area contributed by atoms with Crippen molar-refractivity contribution in [2.45, 2.75) is 0 Å². The Kier molecular flexibility index (Phi) is 3.43. The van der Waals surface area contributed by atoms with Gasteiger partial charge >= 0.3 is 5.97 Å². The molecule has 0 spiro atoms. The van der Waals surface area contributed by atoms with Crippen LogP contribution < -0.4 is 0 Å². The third kappa shape index (κ3) is 2.18. The molecular weight excluding hydrogens is 284 g/mol. The predicted molar refractivity (Wildman–Crippen MR) is 68.1 cm³/mol. The van der Waals surface area contributed by atoms with E-state index < -0.39 is 5.97 Å². The van der Waals surface area contributed by atoms with Crippen LogP contribution >= 0.6 is 34.8 Å². The van der Waals surface area contributed by atoms with E-state index >= 15 is 0 Å². The van der Waals surface area contributed by atoms with Crippen LogP contribution in [0, 0.1) is 0 Å². The molecule has 0 aliphatic heterocycles. The van der Waals surface area contributed by atoms with Gasteiger partial charge in [0.15, 0.2) is 5.69 Å². The van der Waals surface area contributed by atoms with Crippen LogP contribution in [0.25, 0.3) is 10.8 Å². The Morgan fingerprint density at radius 1 is 1.24 bits per heavy atom. The fraction of sp³-hybridized carbons (Fsp3) is 0.0909. The lowest BCUT2D eigenvalue weighted by Crippen LogP contribution is -2.04. The third-order valence-corrected chi connectivity index (χ3v) is 3.36. The first-order valence-electron chi connectivity index (χ1n) is 4.57. The van der Waals surface area contributed by atoms with Gasteiger partial charge in [0.2, 0.25) is 0 Å². The van der Waals surface area contributed by atoms with Crippen molar-refractivity contribution in [1.29, 1.82) is 0 Å². The Morgan fingerprint density at radius 2 is 1.94 bits per heavy atom. The summed E-state index contributed by atoms with van der Waals surface area (Å²) in [7, 11) is 1.27. The van der Waals surface area contributed by atoms with Gasteiger partial charge in [0.1, 0.15) is 5.15 Å². The quantitative estimate of drug-likeness (QED) is 0.589. The minimum absolute atomic E-state index is 0.0918. The highest BCUT2D eigenvalue weighted by molar-refractivity contribution is 6.46. The van der Waals surface area contributed by atoms with E-state index in [4.69, 9.17) is 34.8 Å². The lowest BCUT2D eigenvalue weighted by Gasteiger charge is -2.06. The SMILES string of the molecule is COC(=O)c1cc2c(Cl)c(Cl)ccc2c(Cl)n1. The highest BCUT2D eigenvalue weighted by Gasteiger charge is 2.14. The van der Waals surface area contributed by atoms with Crippen molar-refractivity contribution in [3.05, 3.63) is 39.1 Å². The Morgan fingerprint density at radius 3 is 2.59 bits per heavy atom. The van der Waals surface area contributed by atoms with Gasteiger partial charge in [0.25, 0.3) is 0 Å². The lowest BCUT2D eigenvalue weighted by atomic mass is 10.1. The second-order valence-corrected chi connectivity index (χ2v) is 4.39. The summed E-state index contributed by atoms with van der Waals surface area (Å²) >= 11 is 17.9. The van der Waals surface area contributed by atoms with Gasteiger partial charge in [-0.2, -0.15) is 0 Å². The molecule has 0 saturated carbocycles. The van der Waals surface area contributed by atoms with Gasteiger partial charge in [-0.1, -0.05) is 34.8 Å². The predicted octanol–water partition coefficient (Wildman–Crippen LogP) is 3.98. The van der Waals surface area contributed by atoms with Crippen LogP contribution in [0.1, 0.15) is 10.5 Å². The van der Waals surface area contributed by atoms with Crippen molar-refractivity contribution >= 4 is 51.5 Å². The lowest BCUT2D eigenvalue weighted by molar-refractivity contribution is 0.0594. The van der Waals surface area contributed by atoms with Crippen LogP contribution in [-0.4, -0.2) is 18.1 Å². The highest BCUT2D eigenvalue weighted by Crippen LogP contribution is 2.33. The van der Waals surface area contributed by atoms with E-state index in [2.05, 4.69) is 9.72 Å². The van der Waals surface area contributed by atoms with Crippen molar-refractivity contribution in [1.82, 2.24) is 4.98 Å². The van der Waals surface area contributed by atoms with E-state index in [0.29, 0.717) is 20.8 Å². The Labute approximate surface area is 112 Å². The molecule has 0 aliphatic carbocycles. The smallest absolute Gasteiger partial charge is 0.356 e. The summed E-state index contributed by atoms with van der Waals surface area (Å²) < 4.78 is 4.57. The number of hydrogen-bond acceptors (Lipinski definition) is 3. The maximum Gasteiger partial charge on any atom is 0.356 e. The fourth-order valence-corrected chi connectivity index (χ4v) is 2.07. The summed E-state index contributed by atoms with van der Waals surface area (Å²) in [6, 6.07) is 4.82. The van der Waals surface area contributed by atoms with Crippen molar-refractivity contribution in [2.24, 2.45) is 0 Å². The number of ether oxygens (including phenoxy) is 1. The largest absolute Gasteiger partial charge is 0.464 e. The number of aromatic nitrogens is 1. The number of hydrogen-bond donors (Lipinski definition) is 0. The Hall–Kier alpha value is -1.03. The summed E-state index contributed by atoms with van der Waals surface area (Å²) in [6.07, 6.45) is 0. The zero-order valence-corrected chi connectivity index (χ0v) is 10.9. The van der Waals surface area contributed by atoms with Gasteiger partial charge in [-0.25, -0.2) is 9.78 Å². The zero-order chi connectivity index (χ0) is 12.6. The number of carbonyl (C=O) groups is 1. The van der Waals surface area contributed by atoms with E-state index in [1.54, 1.807) is 12.1 Å². The first-order chi connectivity index (χ1) is 8.04. The summed E-state index contributed by atoms with van der Waals surface area (Å²) in [5.41, 5.74) is 0.0918. The van der Waals surface area contributed by atoms with Crippen LogP contribution in [0.4, 0.5) is 0 Å². The number of benzene rings is 1.